The van der Waals surface area contributed by atoms with Crippen molar-refractivity contribution in [3.05, 3.63) is 34.9 Å². The molecule has 0 radical (unpaired) electrons. The first-order chi connectivity index (χ1) is 9.56. The van der Waals surface area contributed by atoms with E-state index in [1.807, 2.05) is 0 Å². The normalized spacial score (nSPS) is 14.2. The second kappa shape index (κ2) is 6.52. The van der Waals surface area contributed by atoms with Gasteiger partial charge < -0.3 is 4.74 Å². The molecule has 20 heavy (non-hydrogen) atoms. The maximum absolute atomic E-state index is 11.7. The Balaban J connectivity index is 1.77. The van der Waals surface area contributed by atoms with Gasteiger partial charge in [0.05, 0.1) is 5.92 Å². The third-order valence-corrected chi connectivity index (χ3v) is 3.40. The second-order valence-corrected chi connectivity index (χ2v) is 5.06. The van der Waals surface area contributed by atoms with Gasteiger partial charge in [-0.1, -0.05) is 18.0 Å². The third kappa shape index (κ3) is 3.81. The molecule has 1 saturated carbocycles. The number of benzene rings is 1. The van der Waals surface area contributed by atoms with E-state index in [-0.39, 0.29) is 11.9 Å². The monoisotopic (exact) mass is 295 g/mol. The van der Waals surface area contributed by atoms with E-state index in [1.54, 1.807) is 12.1 Å². The van der Waals surface area contributed by atoms with Gasteiger partial charge in [0.15, 0.2) is 6.61 Å². The van der Waals surface area contributed by atoms with Crippen molar-refractivity contribution >= 4 is 29.4 Å². The average molecular weight is 296 g/mol. The van der Waals surface area contributed by atoms with Crippen molar-refractivity contribution in [3.63, 3.8) is 0 Å². The quantitative estimate of drug-likeness (QED) is 0.862. The molecule has 0 saturated heterocycles. The number of esters is 1. The number of hydrogen-bond acceptors (Lipinski definition) is 4. The first-order valence-corrected chi connectivity index (χ1v) is 6.70. The lowest BCUT2D eigenvalue weighted by molar-refractivity contribution is -0.154. The predicted octanol–water partition coefficient (Wildman–Crippen LogP) is 1.94. The minimum absolute atomic E-state index is 0.0882. The lowest BCUT2D eigenvalue weighted by Gasteiger charge is -2.22. The van der Waals surface area contributed by atoms with Gasteiger partial charge in [-0.2, -0.15) is 0 Å². The molecule has 1 aliphatic rings. The number of carbonyl (C=O) groups excluding carboxylic acids is 3. The van der Waals surface area contributed by atoms with Crippen molar-refractivity contribution < 1.29 is 19.1 Å². The summed E-state index contributed by atoms with van der Waals surface area (Å²) in [6.45, 7) is -0.436. The Morgan fingerprint density at radius 3 is 2.40 bits per heavy atom. The van der Waals surface area contributed by atoms with Gasteiger partial charge >= 0.3 is 5.97 Å². The lowest BCUT2D eigenvalue weighted by atomic mass is 9.86. The molecule has 5 nitrogen and oxygen atoms in total. The SMILES string of the molecule is O=C(COC(=O)C1CCC1)NC(=O)c1ccc(Cl)cc1. The number of imide groups is 1. The van der Waals surface area contributed by atoms with Gasteiger partial charge in [-0.15, -0.1) is 0 Å². The summed E-state index contributed by atoms with van der Waals surface area (Å²) >= 11 is 5.70. The van der Waals surface area contributed by atoms with Crippen LogP contribution >= 0.6 is 11.6 Å². The van der Waals surface area contributed by atoms with E-state index in [2.05, 4.69) is 5.32 Å². The molecular formula is C14H14ClNO4. The fourth-order valence-corrected chi connectivity index (χ4v) is 1.86. The number of amides is 2. The number of carbonyl (C=O) groups is 3. The van der Waals surface area contributed by atoms with Crippen LogP contribution in [0.2, 0.25) is 5.02 Å². The predicted molar refractivity (Wildman–Crippen MR) is 72.2 cm³/mol. The van der Waals surface area contributed by atoms with Gasteiger partial charge in [0.1, 0.15) is 0 Å². The van der Waals surface area contributed by atoms with Gasteiger partial charge in [-0.3, -0.25) is 19.7 Å². The summed E-state index contributed by atoms with van der Waals surface area (Å²) in [7, 11) is 0. The Bertz CT molecular complexity index is 522. The zero-order valence-corrected chi connectivity index (χ0v) is 11.5. The Kier molecular flexibility index (Phi) is 4.74. The van der Waals surface area contributed by atoms with Crippen molar-refractivity contribution in [3.8, 4) is 0 Å². The van der Waals surface area contributed by atoms with Crippen LogP contribution in [0.1, 0.15) is 29.6 Å². The maximum Gasteiger partial charge on any atom is 0.309 e. The maximum atomic E-state index is 11.7. The van der Waals surface area contributed by atoms with Gasteiger partial charge in [-0.05, 0) is 37.1 Å². The molecule has 0 atom stereocenters. The molecule has 0 aromatic heterocycles. The Hall–Kier alpha value is -1.88. The summed E-state index contributed by atoms with van der Waals surface area (Å²) in [5.74, 6) is -1.65. The average Bonchev–Trinajstić information content (AvgIpc) is 2.35. The number of nitrogens with one attached hydrogen (secondary N) is 1. The molecule has 2 amide bonds. The van der Waals surface area contributed by atoms with Crippen LogP contribution in [-0.4, -0.2) is 24.4 Å². The molecule has 106 valence electrons. The molecular weight excluding hydrogens is 282 g/mol. The fourth-order valence-electron chi connectivity index (χ4n) is 1.73. The molecule has 0 bridgehead atoms. The van der Waals surface area contributed by atoms with Crippen LogP contribution in [0.15, 0.2) is 24.3 Å². The minimum atomic E-state index is -0.641. The van der Waals surface area contributed by atoms with Crippen LogP contribution in [0.25, 0.3) is 0 Å². The molecule has 1 aromatic carbocycles. The van der Waals surface area contributed by atoms with E-state index in [0.29, 0.717) is 10.6 Å². The van der Waals surface area contributed by atoms with Crippen molar-refractivity contribution in [1.82, 2.24) is 5.32 Å². The van der Waals surface area contributed by atoms with Gasteiger partial charge in [0, 0.05) is 10.6 Å². The number of rotatable bonds is 4. The smallest absolute Gasteiger partial charge is 0.309 e. The highest BCUT2D eigenvalue weighted by Crippen LogP contribution is 2.27. The van der Waals surface area contributed by atoms with E-state index >= 15 is 0 Å². The van der Waals surface area contributed by atoms with Crippen molar-refractivity contribution in [2.24, 2.45) is 5.92 Å². The van der Waals surface area contributed by atoms with Gasteiger partial charge in [0.2, 0.25) is 0 Å². The van der Waals surface area contributed by atoms with Crippen LogP contribution in [0.4, 0.5) is 0 Å². The molecule has 1 aromatic rings. The highest BCUT2D eigenvalue weighted by atomic mass is 35.5. The topological polar surface area (TPSA) is 72.5 Å². The number of hydrogen-bond donors (Lipinski definition) is 1. The lowest BCUT2D eigenvalue weighted by Crippen LogP contribution is -2.35. The van der Waals surface area contributed by atoms with E-state index < -0.39 is 18.4 Å². The standard InChI is InChI=1S/C14H14ClNO4/c15-11-6-4-9(5-7-11)13(18)16-12(17)8-20-14(19)10-2-1-3-10/h4-7,10H,1-3,8H2,(H,16,17,18). The van der Waals surface area contributed by atoms with E-state index in [9.17, 15) is 14.4 Å². The molecule has 0 unspecified atom stereocenters. The minimum Gasteiger partial charge on any atom is -0.455 e. The van der Waals surface area contributed by atoms with Crippen LogP contribution in [-0.2, 0) is 14.3 Å². The summed E-state index contributed by atoms with van der Waals surface area (Å²) in [4.78, 5) is 34.6. The Morgan fingerprint density at radius 1 is 1.20 bits per heavy atom. The summed E-state index contributed by atoms with van der Waals surface area (Å²) < 4.78 is 4.84. The molecule has 1 N–H and O–H groups in total. The second-order valence-electron chi connectivity index (χ2n) is 4.62. The van der Waals surface area contributed by atoms with Crippen molar-refractivity contribution in [2.45, 2.75) is 19.3 Å². The highest BCUT2D eigenvalue weighted by molar-refractivity contribution is 6.30. The first-order valence-electron chi connectivity index (χ1n) is 6.32. The summed E-state index contributed by atoms with van der Waals surface area (Å²) in [6.07, 6.45) is 2.63. The molecule has 0 spiro atoms. The first kappa shape index (κ1) is 14.5. The highest BCUT2D eigenvalue weighted by Gasteiger charge is 2.27. The van der Waals surface area contributed by atoms with Crippen molar-refractivity contribution in [2.75, 3.05) is 6.61 Å². The molecule has 0 aliphatic heterocycles. The molecule has 1 aliphatic carbocycles. The van der Waals surface area contributed by atoms with Crippen LogP contribution < -0.4 is 5.32 Å². The molecule has 2 rings (SSSR count). The number of ether oxygens (including phenoxy) is 1. The molecule has 1 fully saturated rings. The van der Waals surface area contributed by atoms with E-state index in [4.69, 9.17) is 16.3 Å². The fraction of sp³-hybridized carbons (Fsp3) is 0.357. The van der Waals surface area contributed by atoms with Gasteiger partial charge in [0.25, 0.3) is 11.8 Å². The van der Waals surface area contributed by atoms with Crippen LogP contribution in [0.3, 0.4) is 0 Å². The summed E-state index contributed by atoms with van der Waals surface area (Å²) in [6, 6.07) is 6.12. The zero-order valence-electron chi connectivity index (χ0n) is 10.7. The van der Waals surface area contributed by atoms with Crippen LogP contribution in [0, 0.1) is 5.92 Å². The van der Waals surface area contributed by atoms with E-state index in [0.717, 1.165) is 19.3 Å². The van der Waals surface area contributed by atoms with Crippen LogP contribution in [0.5, 0.6) is 0 Å². The zero-order chi connectivity index (χ0) is 14.5. The van der Waals surface area contributed by atoms with E-state index in [1.165, 1.54) is 12.1 Å². The number of halogens is 1. The summed E-state index contributed by atoms with van der Waals surface area (Å²) in [5, 5.41) is 2.65. The molecule has 6 heteroatoms. The Morgan fingerprint density at radius 2 is 1.85 bits per heavy atom. The molecule has 0 heterocycles. The van der Waals surface area contributed by atoms with Crippen molar-refractivity contribution in [1.29, 1.82) is 0 Å². The third-order valence-electron chi connectivity index (χ3n) is 3.14. The Labute approximate surface area is 121 Å². The van der Waals surface area contributed by atoms with Gasteiger partial charge in [-0.25, -0.2) is 0 Å². The summed E-state index contributed by atoms with van der Waals surface area (Å²) in [5.41, 5.74) is 0.313. The largest absolute Gasteiger partial charge is 0.455 e.